The molecule has 0 amide bonds. The van der Waals surface area contributed by atoms with Gasteiger partial charge in [0.15, 0.2) is 0 Å². The second kappa shape index (κ2) is 13.4. The second-order valence-electron chi connectivity index (χ2n) is 9.47. The van der Waals surface area contributed by atoms with E-state index in [1.807, 2.05) is 13.8 Å². The van der Waals surface area contributed by atoms with Crippen LogP contribution in [0.25, 0.3) is 0 Å². The third-order valence-electron chi connectivity index (χ3n) is 7.32. The van der Waals surface area contributed by atoms with Gasteiger partial charge < -0.3 is 24.9 Å². The molecule has 2 aliphatic rings. The Kier molecular flexibility index (Phi) is 12.5. The molecule has 2 fully saturated rings. The zero-order valence-corrected chi connectivity index (χ0v) is 21.2. The van der Waals surface area contributed by atoms with E-state index in [2.05, 4.69) is 6.92 Å². The second-order valence-corrected chi connectivity index (χ2v) is 9.47. The summed E-state index contributed by atoms with van der Waals surface area (Å²) in [4.78, 5) is 23.0. The smallest absolute Gasteiger partial charge is 0.550 e. The molecule has 168 valence electrons. The summed E-state index contributed by atoms with van der Waals surface area (Å²) >= 11 is 0. The van der Waals surface area contributed by atoms with E-state index >= 15 is 0 Å². The van der Waals surface area contributed by atoms with Gasteiger partial charge in [-0.25, -0.2) is 0 Å². The van der Waals surface area contributed by atoms with Crippen molar-refractivity contribution in [1.29, 1.82) is 0 Å². The summed E-state index contributed by atoms with van der Waals surface area (Å²) in [7, 11) is 0. The van der Waals surface area contributed by atoms with Crippen LogP contribution in [0, 0.1) is 29.6 Å². The number of aliphatic carboxylic acids is 1. The van der Waals surface area contributed by atoms with Crippen LogP contribution in [0.3, 0.4) is 0 Å². The van der Waals surface area contributed by atoms with Crippen LogP contribution in [0.5, 0.6) is 0 Å². The molecule has 0 aromatic rings. The minimum atomic E-state index is -1.30. The first-order chi connectivity index (χ1) is 13.7. The van der Waals surface area contributed by atoms with Gasteiger partial charge in [0.2, 0.25) is 0 Å². The summed E-state index contributed by atoms with van der Waals surface area (Å²) < 4.78 is 5.99. The van der Waals surface area contributed by atoms with Gasteiger partial charge in [-0.2, -0.15) is 0 Å². The molecule has 0 radical (unpaired) electrons. The SMILES string of the molecule is CC[C@H](C)C(=O)O[C@H]1CCC[C@@H]2CC[C@H](C)[C@@H](CC[C@@H](O)C[C@@H](O)CC(=O)[O-])[C@H]21.[Na+]. The maximum Gasteiger partial charge on any atom is 1.00 e. The number of carboxylic acids is 1. The Labute approximate surface area is 203 Å². The van der Waals surface area contributed by atoms with Crippen molar-refractivity contribution in [3.8, 4) is 0 Å². The molecule has 0 aliphatic heterocycles. The number of carbonyl (C=O) groups is 2. The van der Waals surface area contributed by atoms with E-state index in [1.54, 1.807) is 0 Å². The van der Waals surface area contributed by atoms with Crippen molar-refractivity contribution in [3.63, 3.8) is 0 Å². The molecule has 2 saturated carbocycles. The van der Waals surface area contributed by atoms with Crippen molar-refractivity contribution in [3.05, 3.63) is 0 Å². The normalized spacial score (nSPS) is 31.6. The van der Waals surface area contributed by atoms with Gasteiger partial charge in [-0.3, -0.25) is 4.79 Å². The molecule has 0 saturated heterocycles. The monoisotopic (exact) mass is 434 g/mol. The minimum Gasteiger partial charge on any atom is -0.550 e. The van der Waals surface area contributed by atoms with Gasteiger partial charge >= 0.3 is 35.5 Å². The number of hydrogen-bond donors (Lipinski definition) is 2. The Morgan fingerprint density at radius 3 is 2.47 bits per heavy atom. The minimum absolute atomic E-state index is 0. The number of carboxylic acid groups (broad SMARTS) is 1. The zero-order chi connectivity index (χ0) is 21.6. The molecule has 0 aromatic heterocycles. The van der Waals surface area contributed by atoms with Crippen molar-refractivity contribution in [2.24, 2.45) is 29.6 Å². The third-order valence-corrected chi connectivity index (χ3v) is 7.32. The molecule has 0 unspecified atom stereocenters. The molecule has 30 heavy (non-hydrogen) atoms. The predicted molar refractivity (Wildman–Crippen MR) is 108 cm³/mol. The number of esters is 1. The van der Waals surface area contributed by atoms with Crippen molar-refractivity contribution in [1.82, 2.24) is 0 Å². The molecule has 0 heterocycles. The predicted octanol–water partition coefficient (Wildman–Crippen LogP) is -0.557. The zero-order valence-electron chi connectivity index (χ0n) is 19.2. The Morgan fingerprint density at radius 1 is 1.13 bits per heavy atom. The van der Waals surface area contributed by atoms with Crippen molar-refractivity contribution < 1.29 is 59.2 Å². The number of ether oxygens (including phenoxy) is 1. The van der Waals surface area contributed by atoms with Crippen LogP contribution in [0.15, 0.2) is 0 Å². The third kappa shape index (κ3) is 8.09. The topological polar surface area (TPSA) is 107 Å². The first-order valence-corrected chi connectivity index (χ1v) is 11.5. The van der Waals surface area contributed by atoms with Gasteiger partial charge in [-0.15, -0.1) is 0 Å². The van der Waals surface area contributed by atoms with Crippen LogP contribution in [-0.4, -0.2) is 40.5 Å². The van der Waals surface area contributed by atoms with Crippen molar-refractivity contribution >= 4 is 11.9 Å². The molecular weight excluding hydrogens is 395 g/mol. The summed E-state index contributed by atoms with van der Waals surface area (Å²) in [6.07, 6.45) is 5.37. The molecule has 2 rings (SSSR count). The molecule has 0 aromatic carbocycles. The molecule has 7 heteroatoms. The first-order valence-electron chi connectivity index (χ1n) is 11.5. The van der Waals surface area contributed by atoms with E-state index in [-0.39, 0.29) is 54.0 Å². The van der Waals surface area contributed by atoms with Gasteiger partial charge in [-0.1, -0.05) is 27.2 Å². The standard InChI is InChI=1S/C23H40O6.Na/c1-4-14(2)23(28)29-20-7-5-6-16-9-8-15(3)19(22(16)20)11-10-17(24)12-18(25)13-21(26)27;/h14-20,22,24-25H,4-13H2,1-3H3,(H,26,27);/q;+1/p-1/t14-,15-,16+,17+,18+,19+,20-,22-;/m0./s1. The van der Waals surface area contributed by atoms with Crippen LogP contribution in [0.2, 0.25) is 0 Å². The molecule has 0 spiro atoms. The molecule has 2 aliphatic carbocycles. The average Bonchev–Trinajstić information content (AvgIpc) is 2.66. The van der Waals surface area contributed by atoms with Crippen LogP contribution in [-0.2, 0) is 14.3 Å². The maximum absolute atomic E-state index is 12.4. The van der Waals surface area contributed by atoms with E-state index in [0.29, 0.717) is 30.1 Å². The van der Waals surface area contributed by atoms with Crippen LogP contribution in [0.1, 0.15) is 85.0 Å². The Balaban J connectivity index is 0.00000450. The average molecular weight is 435 g/mol. The van der Waals surface area contributed by atoms with Gasteiger partial charge in [0.1, 0.15) is 6.10 Å². The number of aliphatic hydroxyl groups excluding tert-OH is 2. The molecule has 6 nitrogen and oxygen atoms in total. The number of fused-ring (bicyclic) bond motifs is 1. The van der Waals surface area contributed by atoms with E-state index in [9.17, 15) is 24.9 Å². The largest absolute Gasteiger partial charge is 1.00 e. The van der Waals surface area contributed by atoms with Crippen LogP contribution in [0.4, 0.5) is 0 Å². The van der Waals surface area contributed by atoms with E-state index in [0.717, 1.165) is 32.1 Å². The van der Waals surface area contributed by atoms with Gasteiger partial charge in [-0.05, 0) is 69.1 Å². The van der Waals surface area contributed by atoms with Gasteiger partial charge in [0, 0.05) is 18.3 Å². The van der Waals surface area contributed by atoms with Crippen LogP contribution < -0.4 is 34.7 Å². The first kappa shape index (κ1) is 27.9. The Bertz CT molecular complexity index is 542. The van der Waals surface area contributed by atoms with Crippen molar-refractivity contribution in [2.45, 2.75) is 103 Å². The maximum atomic E-state index is 12.4. The molecule has 2 N–H and O–H groups in total. The molecule has 8 atom stereocenters. The summed E-state index contributed by atoms with van der Waals surface area (Å²) in [6, 6.07) is 0. The van der Waals surface area contributed by atoms with Crippen molar-refractivity contribution in [2.75, 3.05) is 0 Å². The fourth-order valence-corrected chi connectivity index (χ4v) is 5.44. The number of carbonyl (C=O) groups excluding carboxylic acids is 2. The summed E-state index contributed by atoms with van der Waals surface area (Å²) in [5.74, 6) is 0.293. The number of rotatable bonds is 10. The van der Waals surface area contributed by atoms with E-state index in [4.69, 9.17) is 4.74 Å². The summed E-state index contributed by atoms with van der Waals surface area (Å²) in [6.45, 7) is 6.16. The summed E-state index contributed by atoms with van der Waals surface area (Å²) in [5.41, 5.74) is 0. The van der Waals surface area contributed by atoms with Gasteiger partial charge in [0.25, 0.3) is 0 Å². The number of aliphatic hydroxyl groups is 2. The van der Waals surface area contributed by atoms with Crippen LogP contribution >= 0.6 is 0 Å². The summed E-state index contributed by atoms with van der Waals surface area (Å²) in [5, 5.41) is 30.6. The number of hydrogen-bond acceptors (Lipinski definition) is 6. The van der Waals surface area contributed by atoms with E-state index < -0.39 is 24.6 Å². The van der Waals surface area contributed by atoms with Gasteiger partial charge in [0.05, 0.1) is 18.1 Å². The fraction of sp³-hybridized carbons (Fsp3) is 0.913. The molecule has 0 bridgehead atoms. The quantitative estimate of drug-likeness (QED) is 0.353. The Hall–Kier alpha value is -0.140. The fourth-order valence-electron chi connectivity index (χ4n) is 5.44. The van der Waals surface area contributed by atoms with E-state index in [1.165, 1.54) is 12.8 Å². The Morgan fingerprint density at radius 2 is 1.83 bits per heavy atom. The molecular formula is C23H39NaO6.